The molecule has 0 aliphatic carbocycles. The molecule has 8 aromatic carbocycles. The summed E-state index contributed by atoms with van der Waals surface area (Å²) >= 11 is 0. The number of ether oxygens (including phenoxy) is 1. The quantitative estimate of drug-likeness (QED) is 0.0650. The molecule has 12 heteroatoms. The number of hydrogen-bond acceptors (Lipinski definition) is 11. The van der Waals surface area contributed by atoms with E-state index in [-0.39, 0.29) is 17.2 Å². The van der Waals surface area contributed by atoms with Gasteiger partial charge in [0.25, 0.3) is 0 Å². The number of anilines is 1. The van der Waals surface area contributed by atoms with Gasteiger partial charge in [0.1, 0.15) is 23.0 Å². The molecule has 0 atom stereocenters. The molecule has 0 spiro atoms. The molecule has 1 amide bonds. The van der Waals surface area contributed by atoms with Gasteiger partial charge in [-0.3, -0.25) is 5.32 Å². The molecule has 0 bridgehead atoms. The van der Waals surface area contributed by atoms with Crippen molar-refractivity contribution >= 4 is 47.1 Å². The first-order chi connectivity index (χ1) is 33.1. The average Bonchev–Trinajstić information content (AvgIpc) is 3.35. The number of aliphatic imine (C=N–C) groups is 3. The fraction of sp³-hybridized carbons (Fsp3) is 0.0714. The Morgan fingerprint density at radius 1 is 0.368 bits per heavy atom. The normalized spacial score (nSPS) is 9.94. The van der Waals surface area contributed by atoms with E-state index < -0.39 is 6.09 Å². The summed E-state index contributed by atoms with van der Waals surface area (Å²) in [5.41, 5.74) is 11.2. The summed E-state index contributed by atoms with van der Waals surface area (Å²) < 4.78 is 5.38. The van der Waals surface area contributed by atoms with Gasteiger partial charge in [0.15, 0.2) is 0 Å². The third-order valence-electron chi connectivity index (χ3n) is 10.1. The zero-order valence-electron chi connectivity index (χ0n) is 36.5. The van der Waals surface area contributed by atoms with Gasteiger partial charge in [0.2, 0.25) is 18.2 Å². The Kier molecular flexibility index (Phi) is 17.8. The SMILES string of the molecule is O=C=Nc1ccc(Cc2ccc(N=C=O)cc2)cc1.O=C=Nc1ccc(Cc2ccc(NC(=O)Oc3ccc(Cc4ccc(O)cc4)cc3)cc2)cc1.Oc1ccc(Cc2ccc(O)cc2)cc1. The molecule has 4 N–H and O–H groups in total. The lowest BCUT2D eigenvalue weighted by atomic mass is 10.0. The Morgan fingerprint density at radius 2 is 0.603 bits per heavy atom. The minimum absolute atomic E-state index is 0.241. The molecule has 0 fully saturated rings. The predicted molar refractivity (Wildman–Crippen MR) is 261 cm³/mol. The number of carbonyl (C=O) groups excluding carboxylic acids is 4. The Labute approximate surface area is 392 Å². The molecular weight excluding hydrogens is 857 g/mol. The molecule has 0 heterocycles. The van der Waals surface area contributed by atoms with E-state index in [0.29, 0.717) is 34.9 Å². The summed E-state index contributed by atoms with van der Waals surface area (Å²) in [4.78, 5) is 53.4. The van der Waals surface area contributed by atoms with Crippen LogP contribution in [0.5, 0.6) is 23.0 Å². The Bertz CT molecular complexity index is 2890. The third-order valence-corrected chi connectivity index (χ3v) is 10.1. The van der Waals surface area contributed by atoms with Gasteiger partial charge in [-0.1, -0.05) is 97.1 Å². The van der Waals surface area contributed by atoms with Crippen LogP contribution in [-0.2, 0) is 40.1 Å². The lowest BCUT2D eigenvalue weighted by molar-refractivity contribution is 0.215. The Balaban J connectivity index is 0.000000188. The van der Waals surface area contributed by atoms with E-state index in [1.165, 1.54) is 18.2 Å². The smallest absolute Gasteiger partial charge is 0.417 e. The second-order valence-corrected chi connectivity index (χ2v) is 15.2. The molecule has 0 aliphatic rings. The second-order valence-electron chi connectivity index (χ2n) is 15.2. The fourth-order valence-electron chi connectivity index (χ4n) is 6.64. The molecular formula is C56H44N4O8. The Morgan fingerprint density at radius 3 is 0.868 bits per heavy atom. The number of carbonyl (C=O) groups is 1. The highest BCUT2D eigenvalue weighted by atomic mass is 16.6. The van der Waals surface area contributed by atoms with Gasteiger partial charge in [-0.25, -0.2) is 19.2 Å². The zero-order valence-corrected chi connectivity index (χ0v) is 36.5. The standard InChI is InChI=1S/C28H22N2O4.C15H10N2O2.C13H12O2/c31-19-29-24-9-1-20(2-10-24)17-21-3-11-25(12-4-21)30-28(33)34-27-15-7-23(8-16-27)18-22-5-13-26(32)14-6-22;18-10-16-14-5-1-12(2-6-14)9-13-3-7-15(8-4-13)17-11-19;14-12-5-1-10(2-6-12)9-11-3-7-13(15)8-4-11/h1-16,32H,17-18H2,(H,30,33);1-8H,9H2;1-8,14-15H,9H2. The first-order valence-electron chi connectivity index (χ1n) is 21.1. The summed E-state index contributed by atoms with van der Waals surface area (Å²) in [5.74, 6) is 1.25. The van der Waals surface area contributed by atoms with Crippen LogP contribution in [0.3, 0.4) is 0 Å². The third kappa shape index (κ3) is 16.3. The van der Waals surface area contributed by atoms with E-state index in [1.807, 2.05) is 109 Å². The number of isocyanates is 3. The highest BCUT2D eigenvalue weighted by Gasteiger charge is 2.07. The summed E-state index contributed by atoms with van der Waals surface area (Å²) in [6.07, 6.45) is 6.97. The number of phenolic OH excluding ortho intramolecular Hbond substituents is 3. The van der Waals surface area contributed by atoms with Crippen molar-refractivity contribution in [3.05, 3.63) is 239 Å². The number of rotatable bonds is 13. The molecule has 68 heavy (non-hydrogen) atoms. The van der Waals surface area contributed by atoms with Gasteiger partial charge in [0.05, 0.1) is 17.1 Å². The maximum absolute atomic E-state index is 12.3. The lowest BCUT2D eigenvalue weighted by Crippen LogP contribution is -2.16. The highest BCUT2D eigenvalue weighted by molar-refractivity contribution is 5.86. The molecule has 12 nitrogen and oxygen atoms in total. The number of phenols is 3. The van der Waals surface area contributed by atoms with Gasteiger partial charge in [-0.05, 0) is 167 Å². The van der Waals surface area contributed by atoms with Crippen molar-refractivity contribution in [1.82, 2.24) is 0 Å². The number of benzene rings is 8. The number of amides is 1. The number of nitrogens with zero attached hydrogens (tertiary/aromatic N) is 3. The summed E-state index contributed by atoms with van der Waals surface area (Å²) in [7, 11) is 0. The predicted octanol–water partition coefficient (Wildman–Crippen LogP) is 12.1. The van der Waals surface area contributed by atoms with Crippen molar-refractivity contribution in [2.24, 2.45) is 15.0 Å². The van der Waals surface area contributed by atoms with E-state index in [2.05, 4.69) is 20.3 Å². The van der Waals surface area contributed by atoms with Gasteiger partial charge >= 0.3 is 6.09 Å². The summed E-state index contributed by atoms with van der Waals surface area (Å²) in [6.45, 7) is 0. The summed E-state index contributed by atoms with van der Waals surface area (Å²) in [6, 6.07) is 58.3. The maximum Gasteiger partial charge on any atom is 0.417 e. The summed E-state index contributed by atoms with van der Waals surface area (Å²) in [5, 5.41) is 30.4. The minimum Gasteiger partial charge on any atom is -0.508 e. The number of hydrogen-bond donors (Lipinski definition) is 4. The highest BCUT2D eigenvalue weighted by Crippen LogP contribution is 2.22. The molecule has 0 unspecified atom stereocenters. The largest absolute Gasteiger partial charge is 0.508 e. The molecule has 8 aromatic rings. The van der Waals surface area contributed by atoms with E-state index in [4.69, 9.17) is 14.9 Å². The van der Waals surface area contributed by atoms with Crippen LogP contribution in [0, 0.1) is 0 Å². The van der Waals surface area contributed by atoms with Crippen LogP contribution in [0.2, 0.25) is 0 Å². The molecule has 0 saturated carbocycles. The molecule has 336 valence electrons. The Hall–Kier alpha value is -9.43. The van der Waals surface area contributed by atoms with Crippen molar-refractivity contribution in [2.45, 2.75) is 25.7 Å². The number of nitrogens with one attached hydrogen (secondary N) is 1. The van der Waals surface area contributed by atoms with E-state index >= 15 is 0 Å². The average molecular weight is 901 g/mol. The zero-order chi connectivity index (χ0) is 47.9. The number of aromatic hydroxyl groups is 3. The van der Waals surface area contributed by atoms with Crippen molar-refractivity contribution in [3.63, 3.8) is 0 Å². The topological polar surface area (TPSA) is 187 Å². The van der Waals surface area contributed by atoms with Crippen LogP contribution in [-0.4, -0.2) is 39.7 Å². The van der Waals surface area contributed by atoms with Crippen molar-refractivity contribution in [1.29, 1.82) is 0 Å². The van der Waals surface area contributed by atoms with E-state index in [9.17, 15) is 24.3 Å². The first kappa shape index (κ1) is 48.0. The van der Waals surface area contributed by atoms with E-state index in [0.717, 1.165) is 63.8 Å². The maximum atomic E-state index is 12.3. The molecule has 0 aliphatic heterocycles. The lowest BCUT2D eigenvalue weighted by Gasteiger charge is -2.09. The van der Waals surface area contributed by atoms with Crippen LogP contribution >= 0.6 is 0 Å². The minimum atomic E-state index is -0.564. The van der Waals surface area contributed by atoms with Gasteiger partial charge < -0.3 is 20.1 Å². The first-order valence-corrected chi connectivity index (χ1v) is 21.1. The molecule has 8 rings (SSSR count). The van der Waals surface area contributed by atoms with Crippen LogP contribution < -0.4 is 10.1 Å². The van der Waals surface area contributed by atoms with Crippen LogP contribution in [0.25, 0.3) is 0 Å². The monoisotopic (exact) mass is 900 g/mol. The second kappa shape index (κ2) is 25.2. The molecule has 0 aromatic heterocycles. The van der Waals surface area contributed by atoms with Crippen molar-refractivity contribution < 1.29 is 39.2 Å². The molecule has 0 radical (unpaired) electrons. The van der Waals surface area contributed by atoms with Gasteiger partial charge in [0, 0.05) is 5.69 Å². The van der Waals surface area contributed by atoms with Gasteiger partial charge in [-0.2, -0.15) is 15.0 Å². The van der Waals surface area contributed by atoms with Crippen LogP contribution in [0.15, 0.2) is 209 Å². The van der Waals surface area contributed by atoms with Crippen molar-refractivity contribution in [3.8, 4) is 23.0 Å². The van der Waals surface area contributed by atoms with Crippen LogP contribution in [0.1, 0.15) is 44.5 Å². The van der Waals surface area contributed by atoms with E-state index in [1.54, 1.807) is 84.9 Å². The fourth-order valence-corrected chi connectivity index (χ4v) is 6.64. The molecule has 0 saturated heterocycles. The van der Waals surface area contributed by atoms with Crippen LogP contribution in [0.4, 0.5) is 27.5 Å². The van der Waals surface area contributed by atoms with Gasteiger partial charge in [-0.15, -0.1) is 0 Å². The van der Waals surface area contributed by atoms with Crippen molar-refractivity contribution in [2.75, 3.05) is 5.32 Å².